The third-order valence-electron chi connectivity index (χ3n) is 4.67. The summed E-state index contributed by atoms with van der Waals surface area (Å²) in [5, 5.41) is 3.08. The molecule has 1 N–H and O–H groups in total. The lowest BCUT2D eigenvalue weighted by atomic mass is 9.96. The lowest BCUT2D eigenvalue weighted by Crippen LogP contribution is -2.29. The lowest BCUT2D eigenvalue weighted by molar-refractivity contribution is 0.0927. The average molecular weight is 366 g/mol. The molecule has 1 unspecified atom stereocenters. The van der Waals surface area contributed by atoms with Gasteiger partial charge in [-0.2, -0.15) is 0 Å². The Bertz CT molecular complexity index is 737. The minimum Gasteiger partial charge on any atom is -0.377 e. The van der Waals surface area contributed by atoms with E-state index in [-0.39, 0.29) is 11.9 Å². The molecular weight excluding hydrogens is 334 g/mol. The van der Waals surface area contributed by atoms with Crippen molar-refractivity contribution in [2.75, 3.05) is 6.61 Å². The van der Waals surface area contributed by atoms with E-state index in [4.69, 9.17) is 4.74 Å². The summed E-state index contributed by atoms with van der Waals surface area (Å²) in [5.41, 5.74) is 3.92. The molecule has 0 aromatic heterocycles. The third kappa shape index (κ3) is 6.07. The summed E-state index contributed by atoms with van der Waals surface area (Å²) >= 11 is 0. The molecule has 0 fully saturated rings. The van der Waals surface area contributed by atoms with Crippen molar-refractivity contribution < 1.29 is 9.53 Å². The van der Waals surface area contributed by atoms with E-state index in [9.17, 15) is 4.79 Å². The summed E-state index contributed by atoms with van der Waals surface area (Å²) in [7, 11) is 0. The molecule has 0 bridgehead atoms. The summed E-state index contributed by atoms with van der Waals surface area (Å²) < 4.78 is 5.75. The first-order valence-electron chi connectivity index (χ1n) is 9.88. The number of unbranched alkanes of at least 4 members (excludes halogenated alkanes) is 1. The standard InChI is InChI=1S/C20H21NO2.C4H10/c1-2-19-17-11-5-3-8-15(17)10-7-13-23-14-16-9-4-6-12-18(16)20(22)21-19;1-3-4-2/h2-6,8-9,11-12,19H,1,7,10,13-14H2,(H,21,22);3-4H2,1-2H3. The minimum atomic E-state index is -0.188. The molecule has 2 aromatic rings. The second kappa shape index (κ2) is 11.3. The zero-order valence-corrected chi connectivity index (χ0v) is 16.5. The topological polar surface area (TPSA) is 38.3 Å². The Morgan fingerprint density at radius 3 is 2.44 bits per heavy atom. The molecule has 27 heavy (non-hydrogen) atoms. The van der Waals surface area contributed by atoms with Gasteiger partial charge in [-0.25, -0.2) is 0 Å². The Kier molecular flexibility index (Phi) is 8.79. The van der Waals surface area contributed by atoms with Crippen LogP contribution in [0.15, 0.2) is 61.2 Å². The summed E-state index contributed by atoms with van der Waals surface area (Å²) in [6.07, 6.45) is 6.32. The van der Waals surface area contributed by atoms with Crippen molar-refractivity contribution in [1.82, 2.24) is 5.32 Å². The van der Waals surface area contributed by atoms with Gasteiger partial charge in [-0.3, -0.25) is 4.79 Å². The van der Waals surface area contributed by atoms with Crippen LogP contribution >= 0.6 is 0 Å². The van der Waals surface area contributed by atoms with Crippen LogP contribution in [0.3, 0.4) is 0 Å². The fourth-order valence-electron chi connectivity index (χ4n) is 2.96. The quantitative estimate of drug-likeness (QED) is 0.702. The summed E-state index contributed by atoms with van der Waals surface area (Å²) in [4.78, 5) is 12.7. The minimum absolute atomic E-state index is 0.0931. The maximum absolute atomic E-state index is 12.7. The van der Waals surface area contributed by atoms with Crippen LogP contribution in [0.1, 0.15) is 66.2 Å². The predicted molar refractivity (Wildman–Crippen MR) is 112 cm³/mol. The fraction of sp³-hybridized carbons (Fsp3) is 0.375. The van der Waals surface area contributed by atoms with Crippen LogP contribution < -0.4 is 5.32 Å². The number of ether oxygens (including phenoxy) is 1. The molecule has 3 nitrogen and oxygen atoms in total. The van der Waals surface area contributed by atoms with Crippen molar-refractivity contribution in [2.24, 2.45) is 0 Å². The van der Waals surface area contributed by atoms with Gasteiger partial charge in [-0.05, 0) is 35.6 Å². The molecule has 0 saturated heterocycles. The Morgan fingerprint density at radius 2 is 1.74 bits per heavy atom. The number of benzene rings is 2. The molecule has 3 rings (SSSR count). The zero-order chi connectivity index (χ0) is 19.5. The average Bonchev–Trinajstić information content (AvgIpc) is 2.71. The number of rotatable bonds is 2. The van der Waals surface area contributed by atoms with Crippen LogP contribution in [-0.4, -0.2) is 12.5 Å². The smallest absolute Gasteiger partial charge is 0.252 e. The van der Waals surface area contributed by atoms with Crippen LogP contribution in [0.2, 0.25) is 0 Å². The molecule has 0 saturated carbocycles. The van der Waals surface area contributed by atoms with Gasteiger partial charge in [0, 0.05) is 12.2 Å². The van der Waals surface area contributed by atoms with Gasteiger partial charge >= 0.3 is 0 Å². The van der Waals surface area contributed by atoms with Gasteiger partial charge in [0.05, 0.1) is 12.6 Å². The van der Waals surface area contributed by atoms with Gasteiger partial charge < -0.3 is 10.1 Å². The number of hydrogen-bond donors (Lipinski definition) is 1. The molecule has 0 spiro atoms. The van der Waals surface area contributed by atoms with Crippen molar-refractivity contribution in [3.05, 3.63) is 83.4 Å². The van der Waals surface area contributed by atoms with Gasteiger partial charge in [0.15, 0.2) is 0 Å². The van der Waals surface area contributed by atoms with Crippen LogP contribution in [-0.2, 0) is 17.8 Å². The van der Waals surface area contributed by atoms with E-state index in [2.05, 4.69) is 37.9 Å². The Labute approximate surface area is 163 Å². The van der Waals surface area contributed by atoms with E-state index >= 15 is 0 Å². The monoisotopic (exact) mass is 365 g/mol. The highest BCUT2D eigenvalue weighted by Crippen LogP contribution is 2.22. The van der Waals surface area contributed by atoms with E-state index in [0.717, 1.165) is 24.0 Å². The molecule has 144 valence electrons. The zero-order valence-electron chi connectivity index (χ0n) is 16.5. The Balaban J connectivity index is 0.000000596. The summed E-state index contributed by atoms with van der Waals surface area (Å²) in [5.74, 6) is -0.0931. The third-order valence-corrected chi connectivity index (χ3v) is 4.67. The van der Waals surface area contributed by atoms with Gasteiger partial charge in [0.25, 0.3) is 5.91 Å². The summed E-state index contributed by atoms with van der Waals surface area (Å²) in [6.45, 7) is 9.41. The number of amides is 1. The van der Waals surface area contributed by atoms with Gasteiger partial charge in [-0.15, -0.1) is 6.58 Å². The molecule has 3 heteroatoms. The highest BCUT2D eigenvalue weighted by molar-refractivity contribution is 5.96. The molecule has 2 aromatic carbocycles. The largest absolute Gasteiger partial charge is 0.377 e. The van der Waals surface area contributed by atoms with Crippen LogP contribution in [0.5, 0.6) is 0 Å². The number of fused-ring (bicyclic) bond motifs is 2. The Morgan fingerprint density at radius 1 is 1.07 bits per heavy atom. The lowest BCUT2D eigenvalue weighted by Gasteiger charge is -2.21. The Hall–Kier alpha value is -2.39. The van der Waals surface area contributed by atoms with Crippen molar-refractivity contribution >= 4 is 5.91 Å². The molecule has 1 heterocycles. The van der Waals surface area contributed by atoms with Gasteiger partial charge in [0.2, 0.25) is 0 Å². The van der Waals surface area contributed by atoms with E-state index in [1.54, 1.807) is 6.08 Å². The summed E-state index contributed by atoms with van der Waals surface area (Å²) in [6, 6.07) is 15.6. The second-order valence-corrected chi connectivity index (χ2v) is 6.70. The molecule has 1 atom stereocenters. The van der Waals surface area contributed by atoms with Crippen molar-refractivity contribution in [2.45, 2.75) is 52.2 Å². The molecule has 0 aliphatic carbocycles. The highest BCUT2D eigenvalue weighted by atomic mass is 16.5. The fourth-order valence-corrected chi connectivity index (χ4v) is 2.96. The molecule has 1 aliphatic heterocycles. The SMILES string of the molecule is C=CC1NC(=O)c2ccccc2COCCCc2ccccc21.CCCC. The molecular formula is C24H31NO2. The van der Waals surface area contributed by atoms with Crippen molar-refractivity contribution in [1.29, 1.82) is 0 Å². The van der Waals surface area contributed by atoms with Crippen molar-refractivity contribution in [3.8, 4) is 0 Å². The van der Waals surface area contributed by atoms with E-state index in [1.807, 2.05) is 36.4 Å². The van der Waals surface area contributed by atoms with E-state index in [0.29, 0.717) is 18.8 Å². The van der Waals surface area contributed by atoms with Gasteiger partial charge in [-0.1, -0.05) is 75.2 Å². The molecule has 0 radical (unpaired) electrons. The van der Waals surface area contributed by atoms with Crippen LogP contribution in [0.4, 0.5) is 0 Å². The van der Waals surface area contributed by atoms with Crippen molar-refractivity contribution in [3.63, 3.8) is 0 Å². The maximum atomic E-state index is 12.7. The first-order valence-corrected chi connectivity index (χ1v) is 9.88. The number of carbonyl (C=O) groups excluding carboxylic acids is 1. The molecule has 1 amide bonds. The second-order valence-electron chi connectivity index (χ2n) is 6.70. The maximum Gasteiger partial charge on any atom is 0.252 e. The van der Waals surface area contributed by atoms with Crippen LogP contribution in [0, 0.1) is 0 Å². The number of hydrogen-bond acceptors (Lipinski definition) is 2. The molecule has 1 aliphatic rings. The van der Waals surface area contributed by atoms with Gasteiger partial charge in [0.1, 0.15) is 0 Å². The highest BCUT2D eigenvalue weighted by Gasteiger charge is 2.18. The normalized spacial score (nSPS) is 17.0. The van der Waals surface area contributed by atoms with Crippen LogP contribution in [0.25, 0.3) is 0 Å². The number of carbonyl (C=O) groups is 1. The van der Waals surface area contributed by atoms with E-state index in [1.165, 1.54) is 18.4 Å². The first kappa shape index (κ1) is 20.9. The number of nitrogens with one attached hydrogen (secondary N) is 1. The van der Waals surface area contributed by atoms with E-state index < -0.39 is 0 Å². The number of aryl methyl sites for hydroxylation is 1. The predicted octanol–water partition coefficient (Wildman–Crippen LogP) is 5.61. The first-order chi connectivity index (χ1) is 13.2.